The summed E-state index contributed by atoms with van der Waals surface area (Å²) in [6, 6.07) is 8.03. The summed E-state index contributed by atoms with van der Waals surface area (Å²) in [5.74, 6) is -0.888. The van der Waals surface area contributed by atoms with E-state index >= 15 is 0 Å². The summed E-state index contributed by atoms with van der Waals surface area (Å²) in [6.45, 7) is 1.40. The second-order valence-corrected chi connectivity index (χ2v) is 6.95. The molecular formula is C21H12F6N2O6. The maximum absolute atomic E-state index is 13.2. The Morgan fingerprint density at radius 1 is 0.686 bits per heavy atom. The molecule has 0 saturated carbocycles. The molecule has 3 aromatic rings. The molecule has 0 bridgehead atoms. The molecule has 0 aliphatic rings. The Hall–Kier alpha value is -4.36. The van der Waals surface area contributed by atoms with E-state index in [2.05, 4.69) is 0 Å². The molecule has 14 heteroatoms. The molecule has 8 nitrogen and oxygen atoms in total. The van der Waals surface area contributed by atoms with Gasteiger partial charge in [-0.2, -0.15) is 26.3 Å². The molecule has 0 aliphatic carbocycles. The van der Waals surface area contributed by atoms with E-state index in [0.29, 0.717) is 24.3 Å². The first-order valence-corrected chi connectivity index (χ1v) is 9.35. The molecular weight excluding hydrogens is 490 g/mol. The summed E-state index contributed by atoms with van der Waals surface area (Å²) >= 11 is 0. The molecule has 0 unspecified atom stereocenters. The van der Waals surface area contributed by atoms with Crippen molar-refractivity contribution < 1.29 is 45.7 Å². The van der Waals surface area contributed by atoms with Crippen molar-refractivity contribution in [2.45, 2.75) is 19.3 Å². The van der Waals surface area contributed by atoms with E-state index in [4.69, 9.17) is 9.47 Å². The van der Waals surface area contributed by atoms with Gasteiger partial charge in [-0.05, 0) is 43.3 Å². The van der Waals surface area contributed by atoms with Crippen molar-refractivity contribution in [2.24, 2.45) is 0 Å². The Morgan fingerprint density at radius 2 is 1.06 bits per heavy atom. The maximum atomic E-state index is 13.2. The van der Waals surface area contributed by atoms with Gasteiger partial charge in [0.15, 0.2) is 0 Å². The second-order valence-electron chi connectivity index (χ2n) is 6.95. The molecule has 0 saturated heterocycles. The van der Waals surface area contributed by atoms with E-state index in [1.165, 1.54) is 25.1 Å². The highest BCUT2D eigenvalue weighted by Crippen LogP contribution is 2.42. The minimum absolute atomic E-state index is 0.0533. The van der Waals surface area contributed by atoms with Crippen molar-refractivity contribution in [3.8, 4) is 23.0 Å². The number of nitro benzene ring substituents is 2. The predicted molar refractivity (Wildman–Crippen MR) is 108 cm³/mol. The van der Waals surface area contributed by atoms with Crippen LogP contribution in [-0.2, 0) is 12.4 Å². The number of alkyl halides is 6. The van der Waals surface area contributed by atoms with Gasteiger partial charge in [0.25, 0.3) is 11.4 Å². The van der Waals surface area contributed by atoms with Gasteiger partial charge in [-0.25, -0.2) is 0 Å². The molecule has 0 fully saturated rings. The maximum Gasteiger partial charge on any atom is 0.423 e. The van der Waals surface area contributed by atoms with Crippen LogP contribution in [0.4, 0.5) is 37.7 Å². The van der Waals surface area contributed by atoms with Gasteiger partial charge in [0.1, 0.15) is 34.1 Å². The van der Waals surface area contributed by atoms with Crippen molar-refractivity contribution in [2.75, 3.05) is 0 Å². The van der Waals surface area contributed by atoms with Crippen LogP contribution >= 0.6 is 0 Å². The van der Waals surface area contributed by atoms with E-state index in [0.717, 1.165) is 12.1 Å². The summed E-state index contributed by atoms with van der Waals surface area (Å²) in [7, 11) is 0. The van der Waals surface area contributed by atoms with E-state index in [-0.39, 0.29) is 17.1 Å². The lowest BCUT2D eigenvalue weighted by Crippen LogP contribution is -2.09. The van der Waals surface area contributed by atoms with Crippen molar-refractivity contribution in [1.29, 1.82) is 0 Å². The number of ether oxygens (including phenoxy) is 2. The van der Waals surface area contributed by atoms with Crippen LogP contribution in [0.5, 0.6) is 23.0 Å². The minimum Gasteiger partial charge on any atom is -0.457 e. The molecule has 0 radical (unpaired) electrons. The van der Waals surface area contributed by atoms with Crippen LogP contribution < -0.4 is 9.47 Å². The average Bonchev–Trinajstić information content (AvgIpc) is 2.75. The third kappa shape index (κ3) is 5.59. The van der Waals surface area contributed by atoms with Crippen LogP contribution in [0.25, 0.3) is 0 Å². The highest BCUT2D eigenvalue weighted by Gasteiger charge is 2.39. The number of nitrogens with zero attached hydrogens (tertiary/aromatic N) is 2. The molecule has 3 aromatic carbocycles. The molecule has 0 atom stereocenters. The van der Waals surface area contributed by atoms with E-state index in [9.17, 15) is 46.6 Å². The SMILES string of the molecule is Cc1c(Oc2ccc([N+](=O)[O-])c(C(F)(F)F)c2)cccc1Oc1ccc([N+](=O)[O-])c(C(F)(F)F)c1. The van der Waals surface area contributed by atoms with Gasteiger partial charge in [0.2, 0.25) is 0 Å². The van der Waals surface area contributed by atoms with Gasteiger partial charge in [0, 0.05) is 17.7 Å². The fraction of sp³-hybridized carbons (Fsp3) is 0.143. The zero-order chi connectivity index (χ0) is 26.1. The van der Waals surface area contributed by atoms with Gasteiger partial charge in [-0.3, -0.25) is 20.2 Å². The van der Waals surface area contributed by atoms with Crippen LogP contribution in [0, 0.1) is 27.2 Å². The molecule has 0 spiro atoms. The van der Waals surface area contributed by atoms with Crippen LogP contribution in [-0.4, -0.2) is 9.85 Å². The molecule has 3 rings (SSSR count). The number of nitro groups is 2. The Labute approximate surface area is 191 Å². The molecule has 0 N–H and O–H groups in total. The Bertz CT molecular complexity index is 1210. The molecule has 0 aliphatic heterocycles. The standard InChI is InChI=1S/C21H12F6N2O6/c1-11-18(34-12-5-7-16(28(30)31)14(9-12)20(22,23)24)3-2-4-19(11)35-13-6-8-17(29(32)33)15(10-13)21(25,26)27/h2-10H,1H3. The lowest BCUT2D eigenvalue weighted by molar-refractivity contribution is -0.388. The Balaban J connectivity index is 1.95. The monoisotopic (exact) mass is 502 g/mol. The van der Waals surface area contributed by atoms with Crippen LogP contribution in [0.2, 0.25) is 0 Å². The third-order valence-electron chi connectivity index (χ3n) is 4.63. The van der Waals surface area contributed by atoms with E-state index in [1.54, 1.807) is 0 Å². The van der Waals surface area contributed by atoms with Gasteiger partial charge in [-0.15, -0.1) is 0 Å². The Kier molecular flexibility index (Phi) is 6.58. The van der Waals surface area contributed by atoms with E-state index in [1.807, 2.05) is 0 Å². The zero-order valence-electron chi connectivity index (χ0n) is 17.3. The zero-order valence-corrected chi connectivity index (χ0v) is 17.3. The minimum atomic E-state index is -5.03. The summed E-state index contributed by atoms with van der Waals surface area (Å²) < 4.78 is 90.1. The van der Waals surface area contributed by atoms with Crippen molar-refractivity contribution in [3.05, 3.63) is 91.5 Å². The molecule has 0 aromatic heterocycles. The fourth-order valence-electron chi connectivity index (χ4n) is 3.00. The lowest BCUT2D eigenvalue weighted by Gasteiger charge is -2.15. The lowest BCUT2D eigenvalue weighted by atomic mass is 10.1. The van der Waals surface area contributed by atoms with Gasteiger partial charge in [-0.1, -0.05) is 6.07 Å². The highest BCUT2D eigenvalue weighted by molar-refractivity contribution is 5.52. The normalized spacial score (nSPS) is 11.7. The average molecular weight is 502 g/mol. The summed E-state index contributed by atoms with van der Waals surface area (Å²) in [4.78, 5) is 19.4. The third-order valence-corrected chi connectivity index (χ3v) is 4.63. The van der Waals surface area contributed by atoms with Crippen LogP contribution in [0.1, 0.15) is 16.7 Å². The fourth-order valence-corrected chi connectivity index (χ4v) is 3.00. The largest absolute Gasteiger partial charge is 0.457 e. The number of benzene rings is 3. The predicted octanol–water partition coefficient (Wildman–Crippen LogP) is 7.43. The van der Waals surface area contributed by atoms with Gasteiger partial charge >= 0.3 is 12.4 Å². The van der Waals surface area contributed by atoms with E-state index < -0.39 is 56.2 Å². The molecule has 35 heavy (non-hydrogen) atoms. The summed E-state index contributed by atoms with van der Waals surface area (Å²) in [5, 5.41) is 21.8. The molecule has 0 amide bonds. The molecule has 0 heterocycles. The van der Waals surface area contributed by atoms with Crippen molar-refractivity contribution in [1.82, 2.24) is 0 Å². The quantitative estimate of drug-likeness (QED) is 0.197. The first-order valence-electron chi connectivity index (χ1n) is 9.35. The summed E-state index contributed by atoms with van der Waals surface area (Å²) in [5.41, 5.74) is -5.24. The first kappa shape index (κ1) is 25.3. The van der Waals surface area contributed by atoms with Crippen LogP contribution in [0.15, 0.2) is 54.6 Å². The number of hydrogen-bond acceptors (Lipinski definition) is 6. The topological polar surface area (TPSA) is 105 Å². The first-order chi connectivity index (χ1) is 16.2. The van der Waals surface area contributed by atoms with Crippen molar-refractivity contribution in [3.63, 3.8) is 0 Å². The van der Waals surface area contributed by atoms with Gasteiger partial charge in [0.05, 0.1) is 9.85 Å². The van der Waals surface area contributed by atoms with Gasteiger partial charge < -0.3 is 9.47 Å². The number of hydrogen-bond donors (Lipinski definition) is 0. The summed E-state index contributed by atoms with van der Waals surface area (Å²) in [6.07, 6.45) is -10.1. The number of halogens is 6. The van der Waals surface area contributed by atoms with Crippen molar-refractivity contribution >= 4 is 11.4 Å². The smallest absolute Gasteiger partial charge is 0.423 e. The Morgan fingerprint density at radius 3 is 1.37 bits per heavy atom. The number of rotatable bonds is 6. The highest BCUT2D eigenvalue weighted by atomic mass is 19.4. The molecule has 184 valence electrons. The van der Waals surface area contributed by atoms with Crippen LogP contribution in [0.3, 0.4) is 0 Å². The second kappa shape index (κ2) is 9.12.